The van der Waals surface area contributed by atoms with Crippen molar-refractivity contribution >= 4 is 17.1 Å². The Balaban J connectivity index is 1.51. The van der Waals surface area contributed by atoms with Crippen LogP contribution in [-0.2, 0) is 6.42 Å². The normalized spacial score (nSPS) is 14.9. The second-order valence-electron chi connectivity index (χ2n) is 6.40. The fourth-order valence-electron chi connectivity index (χ4n) is 3.14. The maximum Gasteiger partial charge on any atom is 0.304 e. The van der Waals surface area contributed by atoms with Crippen LogP contribution in [-0.4, -0.2) is 47.5 Å². The Bertz CT molecular complexity index is 836. The number of non-ortho nitro benzene ring substituents is 1. The molecule has 0 unspecified atom stereocenters. The predicted octanol–water partition coefficient (Wildman–Crippen LogP) is 3.01. The number of hydrogen-bond acceptors (Lipinski definition) is 6. The van der Waals surface area contributed by atoms with Crippen molar-refractivity contribution in [1.82, 2.24) is 4.90 Å². The fourth-order valence-corrected chi connectivity index (χ4v) is 3.14. The smallest absolute Gasteiger partial charge is 0.304 e. The summed E-state index contributed by atoms with van der Waals surface area (Å²) in [5, 5.41) is 21.4. The van der Waals surface area contributed by atoms with Crippen molar-refractivity contribution < 1.29 is 14.2 Å². The van der Waals surface area contributed by atoms with Gasteiger partial charge in [0.2, 0.25) is 5.82 Å². The van der Waals surface area contributed by atoms with Crippen LogP contribution in [0.2, 0.25) is 0 Å². The molecule has 1 saturated heterocycles. The van der Waals surface area contributed by atoms with E-state index in [0.717, 1.165) is 31.6 Å². The Labute approximate surface area is 155 Å². The second-order valence-corrected chi connectivity index (χ2v) is 6.40. The van der Waals surface area contributed by atoms with Gasteiger partial charge < -0.3 is 4.90 Å². The van der Waals surface area contributed by atoms with Gasteiger partial charge in [-0.1, -0.05) is 12.1 Å². The van der Waals surface area contributed by atoms with Crippen LogP contribution in [0.3, 0.4) is 0 Å². The van der Waals surface area contributed by atoms with Crippen molar-refractivity contribution in [3.05, 3.63) is 74.1 Å². The molecule has 27 heavy (non-hydrogen) atoms. The van der Waals surface area contributed by atoms with Gasteiger partial charge in [-0.2, -0.15) is 4.39 Å². The first-order valence-corrected chi connectivity index (χ1v) is 8.58. The van der Waals surface area contributed by atoms with Crippen LogP contribution in [0.1, 0.15) is 5.56 Å². The van der Waals surface area contributed by atoms with Gasteiger partial charge in [-0.15, -0.1) is 0 Å². The third-order valence-corrected chi connectivity index (χ3v) is 4.73. The van der Waals surface area contributed by atoms with Crippen LogP contribution < -0.4 is 4.90 Å². The van der Waals surface area contributed by atoms with Crippen LogP contribution in [0.15, 0.2) is 42.5 Å². The molecule has 8 nitrogen and oxygen atoms in total. The molecule has 1 aliphatic heterocycles. The van der Waals surface area contributed by atoms with E-state index in [9.17, 15) is 24.6 Å². The maximum absolute atomic E-state index is 13.8. The van der Waals surface area contributed by atoms with Gasteiger partial charge in [0.15, 0.2) is 0 Å². The molecule has 0 bridgehead atoms. The highest BCUT2D eigenvalue weighted by atomic mass is 19.1. The van der Waals surface area contributed by atoms with Crippen molar-refractivity contribution in [2.75, 3.05) is 37.6 Å². The third kappa shape index (κ3) is 4.56. The van der Waals surface area contributed by atoms with E-state index in [0.29, 0.717) is 18.8 Å². The maximum atomic E-state index is 13.8. The molecule has 9 heteroatoms. The van der Waals surface area contributed by atoms with E-state index in [1.54, 1.807) is 18.2 Å². The summed E-state index contributed by atoms with van der Waals surface area (Å²) in [6.07, 6.45) is 0.796. The van der Waals surface area contributed by atoms with E-state index >= 15 is 0 Å². The molecule has 1 heterocycles. The van der Waals surface area contributed by atoms with E-state index < -0.39 is 21.4 Å². The van der Waals surface area contributed by atoms with Crippen molar-refractivity contribution in [3.63, 3.8) is 0 Å². The number of anilines is 1. The van der Waals surface area contributed by atoms with E-state index in [-0.39, 0.29) is 5.69 Å². The number of nitro benzene ring substituents is 2. The lowest BCUT2D eigenvalue weighted by Gasteiger charge is -2.36. The summed E-state index contributed by atoms with van der Waals surface area (Å²) < 4.78 is 13.8. The number of hydrogen-bond donors (Lipinski definition) is 0. The summed E-state index contributed by atoms with van der Waals surface area (Å²) in [5.74, 6) is -0.821. The molecule has 1 aliphatic rings. The monoisotopic (exact) mass is 374 g/mol. The van der Waals surface area contributed by atoms with Crippen molar-refractivity contribution in [2.45, 2.75) is 6.42 Å². The van der Waals surface area contributed by atoms with E-state index in [1.807, 2.05) is 4.90 Å². The minimum atomic E-state index is -0.821. The number of halogens is 1. The first kappa shape index (κ1) is 18.7. The van der Waals surface area contributed by atoms with Gasteiger partial charge in [0.1, 0.15) is 0 Å². The van der Waals surface area contributed by atoms with Gasteiger partial charge in [0.25, 0.3) is 5.69 Å². The Morgan fingerprint density at radius 1 is 0.926 bits per heavy atom. The van der Waals surface area contributed by atoms with Gasteiger partial charge in [0, 0.05) is 62.7 Å². The average molecular weight is 374 g/mol. The predicted molar refractivity (Wildman–Crippen MR) is 98.5 cm³/mol. The number of nitro groups is 2. The molecule has 0 amide bonds. The van der Waals surface area contributed by atoms with Crippen molar-refractivity contribution in [2.24, 2.45) is 0 Å². The highest BCUT2D eigenvalue weighted by Crippen LogP contribution is 2.24. The van der Waals surface area contributed by atoms with Gasteiger partial charge in [-0.05, 0) is 18.1 Å². The van der Waals surface area contributed by atoms with Crippen LogP contribution in [0.25, 0.3) is 0 Å². The quantitative estimate of drug-likeness (QED) is 0.570. The minimum absolute atomic E-state index is 0.0858. The van der Waals surface area contributed by atoms with E-state index in [1.165, 1.54) is 24.3 Å². The molecule has 142 valence electrons. The number of piperazine rings is 1. The molecule has 0 N–H and O–H groups in total. The summed E-state index contributed by atoms with van der Waals surface area (Å²) >= 11 is 0. The van der Waals surface area contributed by atoms with Crippen molar-refractivity contribution in [1.29, 1.82) is 0 Å². The largest absolute Gasteiger partial charge is 0.369 e. The summed E-state index contributed by atoms with van der Waals surface area (Å²) in [4.78, 5) is 24.5. The molecular weight excluding hydrogens is 355 g/mol. The second kappa shape index (κ2) is 8.09. The molecular formula is C18H19FN4O4. The average Bonchev–Trinajstić information content (AvgIpc) is 2.66. The number of nitrogens with zero attached hydrogens (tertiary/aromatic N) is 4. The van der Waals surface area contributed by atoms with E-state index in [2.05, 4.69) is 4.90 Å². The Morgan fingerprint density at radius 2 is 1.59 bits per heavy atom. The van der Waals surface area contributed by atoms with Crippen LogP contribution in [0, 0.1) is 26.0 Å². The summed E-state index contributed by atoms with van der Waals surface area (Å²) in [6, 6.07) is 10.6. The molecule has 3 rings (SSSR count). The third-order valence-electron chi connectivity index (χ3n) is 4.73. The lowest BCUT2D eigenvalue weighted by atomic mass is 10.1. The van der Waals surface area contributed by atoms with Crippen LogP contribution in [0.5, 0.6) is 0 Å². The summed E-state index contributed by atoms with van der Waals surface area (Å²) in [5.41, 5.74) is 1.26. The summed E-state index contributed by atoms with van der Waals surface area (Å²) in [6.45, 7) is 3.84. The summed E-state index contributed by atoms with van der Waals surface area (Å²) in [7, 11) is 0. The zero-order valence-corrected chi connectivity index (χ0v) is 14.6. The van der Waals surface area contributed by atoms with Crippen molar-refractivity contribution in [3.8, 4) is 0 Å². The zero-order chi connectivity index (χ0) is 19.4. The fraction of sp³-hybridized carbons (Fsp3) is 0.333. The van der Waals surface area contributed by atoms with Crippen LogP contribution >= 0.6 is 0 Å². The highest BCUT2D eigenvalue weighted by Gasteiger charge is 2.20. The minimum Gasteiger partial charge on any atom is -0.369 e. The number of rotatable bonds is 6. The molecule has 2 aromatic carbocycles. The Hall–Kier alpha value is -3.07. The zero-order valence-electron chi connectivity index (χ0n) is 14.6. The van der Waals surface area contributed by atoms with Gasteiger partial charge >= 0.3 is 5.69 Å². The SMILES string of the molecule is O=[N+]([O-])c1ccc(CCN2CCN(c3ccc([N+](=O)[O-])c(F)c3)CC2)cc1. The van der Waals surface area contributed by atoms with E-state index in [4.69, 9.17) is 0 Å². The Kier molecular flexibility index (Phi) is 5.60. The first-order chi connectivity index (χ1) is 12.9. The molecule has 2 aromatic rings. The molecule has 0 atom stereocenters. The molecule has 0 aromatic heterocycles. The topological polar surface area (TPSA) is 92.8 Å². The highest BCUT2D eigenvalue weighted by molar-refractivity contribution is 5.52. The molecule has 0 spiro atoms. The standard InChI is InChI=1S/C18H19FN4O4/c19-17-13-16(5-6-18(17)23(26)27)21-11-9-20(10-12-21)8-7-14-1-3-15(4-2-14)22(24)25/h1-6,13H,7-12H2. The Morgan fingerprint density at radius 3 is 2.15 bits per heavy atom. The van der Waals surface area contributed by atoms with Crippen LogP contribution in [0.4, 0.5) is 21.5 Å². The van der Waals surface area contributed by atoms with Gasteiger partial charge in [-0.25, -0.2) is 0 Å². The number of benzene rings is 2. The molecule has 1 fully saturated rings. The lowest BCUT2D eigenvalue weighted by Crippen LogP contribution is -2.47. The molecule has 0 saturated carbocycles. The van der Waals surface area contributed by atoms with Gasteiger partial charge in [0.05, 0.1) is 9.85 Å². The molecule has 0 aliphatic carbocycles. The first-order valence-electron chi connectivity index (χ1n) is 8.58. The molecule has 0 radical (unpaired) electrons. The van der Waals surface area contributed by atoms with Gasteiger partial charge in [-0.3, -0.25) is 25.1 Å². The lowest BCUT2D eigenvalue weighted by molar-refractivity contribution is -0.387.